The van der Waals surface area contributed by atoms with Gasteiger partial charge in [0.1, 0.15) is 0 Å². The Kier molecular flexibility index (Phi) is 4.78. The van der Waals surface area contributed by atoms with Gasteiger partial charge in [-0.3, -0.25) is 4.79 Å². The Balaban J connectivity index is 2.72. The molecule has 17 heavy (non-hydrogen) atoms. The number of nitrogens with two attached hydrogens (primary N) is 1. The van der Waals surface area contributed by atoms with Gasteiger partial charge in [0.05, 0.1) is 5.56 Å². The molecule has 0 aromatic heterocycles. The maximum absolute atomic E-state index is 10.7. The summed E-state index contributed by atoms with van der Waals surface area (Å²) in [5.41, 5.74) is 7.04. The van der Waals surface area contributed by atoms with Crippen LogP contribution in [0.15, 0.2) is 24.3 Å². The third kappa shape index (κ3) is 4.32. The summed E-state index contributed by atoms with van der Waals surface area (Å²) in [7, 11) is 0. The van der Waals surface area contributed by atoms with Crippen LogP contribution in [0.3, 0.4) is 0 Å². The highest BCUT2D eigenvalue weighted by Gasteiger charge is 2.04. The van der Waals surface area contributed by atoms with Crippen LogP contribution in [0.1, 0.15) is 22.8 Å². The summed E-state index contributed by atoms with van der Waals surface area (Å²) in [6.45, 7) is 1.51. The average Bonchev–Trinajstić information content (AvgIpc) is 2.25. The molecule has 0 atom stereocenters. The van der Waals surface area contributed by atoms with Crippen molar-refractivity contribution in [3.63, 3.8) is 0 Å². The fraction of sp³-hybridized carbons (Fsp3) is 0.167. The molecule has 0 saturated carbocycles. The van der Waals surface area contributed by atoms with Crippen molar-refractivity contribution in [2.45, 2.75) is 6.92 Å². The van der Waals surface area contributed by atoms with Gasteiger partial charge in [0, 0.05) is 18.4 Å². The van der Waals surface area contributed by atoms with Gasteiger partial charge in [0.15, 0.2) is 5.12 Å². The van der Waals surface area contributed by atoms with Crippen LogP contribution in [0.25, 0.3) is 6.08 Å². The van der Waals surface area contributed by atoms with Crippen molar-refractivity contribution in [2.24, 2.45) is 0 Å². The number of benzene rings is 1. The van der Waals surface area contributed by atoms with Crippen molar-refractivity contribution in [2.75, 3.05) is 11.5 Å². The molecule has 0 aliphatic rings. The third-order valence-electron chi connectivity index (χ3n) is 2.01. The van der Waals surface area contributed by atoms with E-state index in [4.69, 9.17) is 10.8 Å². The van der Waals surface area contributed by atoms with Crippen LogP contribution in [0, 0.1) is 0 Å². The SMILES string of the molecule is CC(=O)SCC=Cc1ccc(C(=O)O)cc1N. The normalized spacial score (nSPS) is 10.6. The number of thioether (sulfide) groups is 1. The van der Waals surface area contributed by atoms with Crippen LogP contribution in [0.5, 0.6) is 0 Å². The molecule has 0 bridgehead atoms. The van der Waals surface area contributed by atoms with E-state index in [0.717, 1.165) is 5.56 Å². The topological polar surface area (TPSA) is 80.4 Å². The zero-order chi connectivity index (χ0) is 12.8. The lowest BCUT2D eigenvalue weighted by molar-refractivity contribution is -0.109. The molecule has 1 aromatic carbocycles. The number of carboxylic acids is 1. The predicted octanol–water partition coefficient (Wildman–Crippen LogP) is 2.26. The molecule has 0 unspecified atom stereocenters. The molecule has 5 heteroatoms. The number of aromatic carboxylic acids is 1. The molecule has 4 nitrogen and oxygen atoms in total. The number of nitrogen functional groups attached to an aromatic ring is 1. The highest BCUT2D eigenvalue weighted by atomic mass is 32.2. The van der Waals surface area contributed by atoms with Crippen LogP contribution in [0.4, 0.5) is 5.69 Å². The van der Waals surface area contributed by atoms with Crippen LogP contribution in [0.2, 0.25) is 0 Å². The van der Waals surface area contributed by atoms with E-state index >= 15 is 0 Å². The third-order valence-corrected chi connectivity index (χ3v) is 2.78. The minimum Gasteiger partial charge on any atom is -0.478 e. The van der Waals surface area contributed by atoms with Crippen molar-refractivity contribution in [1.82, 2.24) is 0 Å². The highest BCUT2D eigenvalue weighted by Crippen LogP contribution is 2.16. The first-order chi connectivity index (χ1) is 8.00. The summed E-state index contributed by atoms with van der Waals surface area (Å²) in [6, 6.07) is 4.56. The molecule has 1 rings (SSSR count). The van der Waals surface area contributed by atoms with E-state index in [1.54, 1.807) is 12.1 Å². The van der Waals surface area contributed by atoms with Crippen LogP contribution >= 0.6 is 11.8 Å². The first-order valence-corrected chi connectivity index (χ1v) is 5.92. The van der Waals surface area contributed by atoms with Gasteiger partial charge in [-0.05, 0) is 17.7 Å². The van der Waals surface area contributed by atoms with E-state index in [0.29, 0.717) is 11.4 Å². The minimum atomic E-state index is -1.00. The standard InChI is InChI=1S/C12H13NO3S/c1-8(14)17-6-2-3-9-4-5-10(12(15)16)7-11(9)13/h2-5,7H,6,13H2,1H3,(H,15,16). The molecule has 0 radical (unpaired) electrons. The number of hydrogen-bond acceptors (Lipinski definition) is 4. The summed E-state index contributed by atoms with van der Waals surface area (Å²) in [6.07, 6.45) is 3.59. The molecule has 0 aliphatic heterocycles. The summed E-state index contributed by atoms with van der Waals surface area (Å²) < 4.78 is 0. The van der Waals surface area contributed by atoms with Gasteiger partial charge in [-0.2, -0.15) is 0 Å². The number of anilines is 1. The summed E-state index contributed by atoms with van der Waals surface area (Å²) >= 11 is 1.20. The lowest BCUT2D eigenvalue weighted by Crippen LogP contribution is -1.99. The fourth-order valence-electron chi connectivity index (χ4n) is 1.20. The molecule has 0 aliphatic carbocycles. The lowest BCUT2D eigenvalue weighted by atomic mass is 10.1. The van der Waals surface area contributed by atoms with Crippen molar-refractivity contribution in [1.29, 1.82) is 0 Å². The number of hydrogen-bond donors (Lipinski definition) is 2. The second kappa shape index (κ2) is 6.10. The van der Waals surface area contributed by atoms with Crippen LogP contribution < -0.4 is 5.73 Å². The van der Waals surface area contributed by atoms with Crippen LogP contribution in [-0.2, 0) is 4.79 Å². The average molecular weight is 251 g/mol. The predicted molar refractivity (Wildman–Crippen MR) is 70.0 cm³/mol. The molecule has 0 amide bonds. The van der Waals surface area contributed by atoms with Gasteiger partial charge in [0.25, 0.3) is 0 Å². The van der Waals surface area contributed by atoms with Gasteiger partial charge in [-0.1, -0.05) is 30.0 Å². The Morgan fingerprint density at radius 2 is 2.18 bits per heavy atom. The second-order valence-electron chi connectivity index (χ2n) is 3.35. The van der Waals surface area contributed by atoms with E-state index < -0.39 is 5.97 Å². The Morgan fingerprint density at radius 1 is 1.47 bits per heavy atom. The maximum Gasteiger partial charge on any atom is 0.335 e. The molecule has 0 saturated heterocycles. The van der Waals surface area contributed by atoms with Crippen molar-refractivity contribution in [3.8, 4) is 0 Å². The van der Waals surface area contributed by atoms with E-state index in [1.165, 1.54) is 30.8 Å². The highest BCUT2D eigenvalue weighted by molar-refractivity contribution is 8.13. The molecule has 3 N–H and O–H groups in total. The number of carbonyl (C=O) groups is 2. The monoisotopic (exact) mass is 251 g/mol. The Hall–Kier alpha value is -1.75. The zero-order valence-corrected chi connectivity index (χ0v) is 10.2. The molecule has 0 heterocycles. The van der Waals surface area contributed by atoms with Gasteiger partial charge < -0.3 is 10.8 Å². The molecule has 90 valence electrons. The zero-order valence-electron chi connectivity index (χ0n) is 9.34. The molecular formula is C12H13NO3S. The maximum atomic E-state index is 10.7. The van der Waals surface area contributed by atoms with Gasteiger partial charge >= 0.3 is 5.97 Å². The van der Waals surface area contributed by atoms with E-state index in [1.807, 2.05) is 6.08 Å². The Morgan fingerprint density at radius 3 is 2.71 bits per heavy atom. The Labute approximate surface area is 104 Å². The lowest BCUT2D eigenvalue weighted by Gasteiger charge is -2.01. The Bertz CT molecular complexity index is 469. The molecule has 0 fully saturated rings. The largest absolute Gasteiger partial charge is 0.478 e. The van der Waals surface area contributed by atoms with Gasteiger partial charge in [-0.25, -0.2) is 4.79 Å². The molecular weight excluding hydrogens is 238 g/mol. The quantitative estimate of drug-likeness (QED) is 0.802. The second-order valence-corrected chi connectivity index (χ2v) is 4.55. The smallest absolute Gasteiger partial charge is 0.335 e. The van der Waals surface area contributed by atoms with Gasteiger partial charge in [-0.15, -0.1) is 0 Å². The molecule has 0 spiro atoms. The number of carbonyl (C=O) groups excluding carboxylic acids is 1. The summed E-state index contributed by atoms with van der Waals surface area (Å²) in [5, 5.41) is 8.82. The summed E-state index contributed by atoms with van der Waals surface area (Å²) in [5.74, 6) is -0.422. The van der Waals surface area contributed by atoms with Gasteiger partial charge in [0.2, 0.25) is 0 Å². The summed E-state index contributed by atoms with van der Waals surface area (Å²) in [4.78, 5) is 21.4. The fourth-order valence-corrected chi connectivity index (χ4v) is 1.63. The number of rotatable bonds is 4. The van der Waals surface area contributed by atoms with E-state index in [2.05, 4.69) is 0 Å². The van der Waals surface area contributed by atoms with E-state index in [-0.39, 0.29) is 10.7 Å². The first kappa shape index (κ1) is 13.3. The minimum absolute atomic E-state index is 0.0591. The van der Waals surface area contributed by atoms with Crippen molar-refractivity contribution >= 4 is 34.6 Å². The van der Waals surface area contributed by atoms with E-state index in [9.17, 15) is 9.59 Å². The van der Waals surface area contributed by atoms with Crippen LogP contribution in [-0.4, -0.2) is 21.9 Å². The first-order valence-electron chi connectivity index (χ1n) is 4.93. The number of carboxylic acid groups (broad SMARTS) is 1. The molecule has 1 aromatic rings. The van der Waals surface area contributed by atoms with Crippen molar-refractivity contribution in [3.05, 3.63) is 35.4 Å². The van der Waals surface area contributed by atoms with Crippen molar-refractivity contribution < 1.29 is 14.7 Å².